The average molecular weight is 408 g/mol. The number of nitrogens with one attached hydrogen (secondary N) is 1. The van der Waals surface area contributed by atoms with Gasteiger partial charge in [-0.15, -0.1) is 11.3 Å². The number of fused-ring (bicyclic) bond motifs is 1. The van der Waals surface area contributed by atoms with Crippen molar-refractivity contribution >= 4 is 33.4 Å². The van der Waals surface area contributed by atoms with Gasteiger partial charge in [0.05, 0.1) is 10.2 Å². The molecular formula is C23H25N3O2S. The van der Waals surface area contributed by atoms with Crippen LogP contribution in [0.15, 0.2) is 48.5 Å². The van der Waals surface area contributed by atoms with Gasteiger partial charge in [-0.3, -0.25) is 9.59 Å². The van der Waals surface area contributed by atoms with E-state index >= 15 is 0 Å². The van der Waals surface area contributed by atoms with Crippen molar-refractivity contribution in [1.29, 1.82) is 0 Å². The van der Waals surface area contributed by atoms with E-state index in [4.69, 9.17) is 0 Å². The summed E-state index contributed by atoms with van der Waals surface area (Å²) in [4.78, 5) is 31.0. The third-order valence-corrected chi connectivity index (χ3v) is 6.72. The van der Waals surface area contributed by atoms with Crippen molar-refractivity contribution < 1.29 is 9.59 Å². The first-order valence-electron chi connectivity index (χ1n) is 10.1. The first kappa shape index (κ1) is 19.6. The van der Waals surface area contributed by atoms with Crippen molar-refractivity contribution in [3.63, 3.8) is 0 Å². The molecule has 1 aliphatic rings. The maximum absolute atomic E-state index is 12.9. The molecule has 6 heteroatoms. The summed E-state index contributed by atoms with van der Waals surface area (Å²) in [6.45, 7) is 1.86. The zero-order valence-electron chi connectivity index (χ0n) is 16.7. The van der Waals surface area contributed by atoms with Gasteiger partial charge in [0, 0.05) is 36.7 Å². The Morgan fingerprint density at radius 2 is 1.90 bits per heavy atom. The van der Waals surface area contributed by atoms with E-state index in [-0.39, 0.29) is 23.9 Å². The van der Waals surface area contributed by atoms with Crippen LogP contribution in [-0.2, 0) is 4.79 Å². The van der Waals surface area contributed by atoms with Gasteiger partial charge in [-0.1, -0.05) is 31.2 Å². The van der Waals surface area contributed by atoms with E-state index < -0.39 is 0 Å². The van der Waals surface area contributed by atoms with Gasteiger partial charge in [0.1, 0.15) is 5.01 Å². The molecule has 2 atom stereocenters. The first-order valence-corrected chi connectivity index (χ1v) is 10.9. The second kappa shape index (κ2) is 8.33. The molecule has 1 heterocycles. The van der Waals surface area contributed by atoms with Gasteiger partial charge in [0.2, 0.25) is 5.91 Å². The van der Waals surface area contributed by atoms with E-state index in [1.807, 2.05) is 61.3 Å². The highest BCUT2D eigenvalue weighted by atomic mass is 32.1. The Morgan fingerprint density at radius 3 is 2.62 bits per heavy atom. The second-order valence-corrected chi connectivity index (χ2v) is 8.60. The summed E-state index contributed by atoms with van der Waals surface area (Å²) < 4.78 is 1.16. The third kappa shape index (κ3) is 4.17. The minimum atomic E-state index is 0.0216. The van der Waals surface area contributed by atoms with Crippen molar-refractivity contribution in [2.24, 2.45) is 0 Å². The molecule has 29 heavy (non-hydrogen) atoms. The van der Waals surface area contributed by atoms with Crippen molar-refractivity contribution in [1.82, 2.24) is 15.2 Å². The minimum Gasteiger partial charge on any atom is -0.353 e. The first-order chi connectivity index (χ1) is 14.0. The highest BCUT2D eigenvalue weighted by molar-refractivity contribution is 7.21. The molecule has 0 saturated heterocycles. The zero-order chi connectivity index (χ0) is 20.4. The maximum Gasteiger partial charge on any atom is 0.253 e. The van der Waals surface area contributed by atoms with Crippen LogP contribution in [0.1, 0.15) is 43.0 Å². The normalized spacial score (nSPS) is 18.7. The van der Waals surface area contributed by atoms with Gasteiger partial charge >= 0.3 is 0 Å². The van der Waals surface area contributed by atoms with Gasteiger partial charge in [-0.05, 0) is 43.5 Å². The van der Waals surface area contributed by atoms with Crippen LogP contribution in [0.5, 0.6) is 0 Å². The van der Waals surface area contributed by atoms with Crippen LogP contribution in [0.2, 0.25) is 0 Å². The van der Waals surface area contributed by atoms with Gasteiger partial charge in [0.25, 0.3) is 5.91 Å². The summed E-state index contributed by atoms with van der Waals surface area (Å²) in [7, 11) is 1.86. The minimum absolute atomic E-state index is 0.0216. The van der Waals surface area contributed by atoms with Crippen molar-refractivity contribution in [3.05, 3.63) is 54.1 Å². The lowest BCUT2D eigenvalue weighted by atomic mass is 10.1. The van der Waals surface area contributed by atoms with Crippen molar-refractivity contribution in [2.45, 2.75) is 44.7 Å². The number of rotatable bonds is 5. The molecule has 2 amide bonds. The number of amides is 2. The molecule has 4 rings (SSSR count). The predicted octanol–water partition coefficient (Wildman–Crippen LogP) is 4.48. The van der Waals surface area contributed by atoms with Crippen LogP contribution < -0.4 is 5.32 Å². The van der Waals surface area contributed by atoms with Crippen molar-refractivity contribution in [2.75, 3.05) is 7.05 Å². The highest BCUT2D eigenvalue weighted by Gasteiger charge is 2.30. The van der Waals surface area contributed by atoms with Gasteiger partial charge in [0.15, 0.2) is 0 Å². The van der Waals surface area contributed by atoms with Crippen molar-refractivity contribution in [3.8, 4) is 10.6 Å². The largest absolute Gasteiger partial charge is 0.353 e. The molecule has 0 spiro atoms. The van der Waals surface area contributed by atoms with Gasteiger partial charge in [-0.2, -0.15) is 0 Å². The monoisotopic (exact) mass is 407 g/mol. The second-order valence-electron chi connectivity index (χ2n) is 7.57. The molecule has 2 unspecified atom stereocenters. The number of carbonyl (C=O) groups excluding carboxylic acids is 2. The summed E-state index contributed by atoms with van der Waals surface area (Å²) in [5.41, 5.74) is 2.70. The molecule has 0 radical (unpaired) electrons. The number of nitrogens with zero attached hydrogens (tertiary/aromatic N) is 2. The van der Waals surface area contributed by atoms with E-state index in [1.165, 1.54) is 0 Å². The molecule has 5 nitrogen and oxygen atoms in total. The van der Waals surface area contributed by atoms with E-state index in [0.717, 1.165) is 40.1 Å². The standard InChI is InChI=1S/C23H25N3O2S/c1-3-21(27)24-17-12-13-18(14-17)26(2)23(28)16-10-8-15(9-11-16)22-25-19-6-4-5-7-20(19)29-22/h4-11,17-18H,3,12-14H2,1-2H3,(H,24,27). The summed E-state index contributed by atoms with van der Waals surface area (Å²) >= 11 is 1.66. The molecule has 1 aromatic heterocycles. The van der Waals surface area contributed by atoms with Crippen LogP contribution in [0, 0.1) is 0 Å². The summed E-state index contributed by atoms with van der Waals surface area (Å²) in [6.07, 6.45) is 3.15. The fourth-order valence-electron chi connectivity index (χ4n) is 3.89. The molecule has 1 saturated carbocycles. The molecule has 1 aliphatic carbocycles. The molecule has 0 aliphatic heterocycles. The number of thiazole rings is 1. The van der Waals surface area contributed by atoms with Gasteiger partial charge in [-0.25, -0.2) is 4.98 Å². The SMILES string of the molecule is CCC(=O)NC1CCC(N(C)C(=O)c2ccc(-c3nc4ccccc4s3)cc2)C1. The summed E-state index contributed by atoms with van der Waals surface area (Å²) in [6, 6.07) is 16.1. The zero-order valence-corrected chi connectivity index (χ0v) is 17.5. The molecule has 0 bridgehead atoms. The predicted molar refractivity (Wildman–Crippen MR) is 117 cm³/mol. The van der Waals surface area contributed by atoms with E-state index in [2.05, 4.69) is 16.4 Å². The Labute approximate surface area is 174 Å². The lowest BCUT2D eigenvalue weighted by Gasteiger charge is -2.25. The molecular weight excluding hydrogens is 382 g/mol. The molecule has 1 N–H and O–H groups in total. The fourth-order valence-corrected chi connectivity index (χ4v) is 4.86. The fraction of sp³-hybridized carbons (Fsp3) is 0.348. The number of hydrogen-bond acceptors (Lipinski definition) is 4. The maximum atomic E-state index is 12.9. The summed E-state index contributed by atoms with van der Waals surface area (Å²) in [5, 5.41) is 4.01. The molecule has 2 aromatic carbocycles. The smallest absolute Gasteiger partial charge is 0.253 e. The van der Waals surface area contributed by atoms with Crippen LogP contribution in [0.3, 0.4) is 0 Å². The number of para-hydroxylation sites is 1. The number of hydrogen-bond donors (Lipinski definition) is 1. The van der Waals surface area contributed by atoms with E-state index in [1.54, 1.807) is 11.3 Å². The lowest BCUT2D eigenvalue weighted by Crippen LogP contribution is -2.38. The molecule has 150 valence electrons. The topological polar surface area (TPSA) is 62.3 Å². The highest BCUT2D eigenvalue weighted by Crippen LogP contribution is 2.30. The number of carbonyl (C=O) groups is 2. The Bertz CT molecular complexity index is 995. The van der Waals surface area contributed by atoms with Crippen LogP contribution in [-0.4, -0.2) is 40.8 Å². The quantitative estimate of drug-likeness (QED) is 0.678. The Morgan fingerprint density at radius 1 is 1.14 bits per heavy atom. The Kier molecular flexibility index (Phi) is 5.62. The van der Waals surface area contributed by atoms with E-state index in [0.29, 0.717) is 12.0 Å². The van der Waals surface area contributed by atoms with Gasteiger partial charge < -0.3 is 10.2 Å². The van der Waals surface area contributed by atoms with Crippen LogP contribution in [0.25, 0.3) is 20.8 Å². The molecule has 1 fully saturated rings. The summed E-state index contributed by atoms with van der Waals surface area (Å²) in [5.74, 6) is 0.100. The van der Waals surface area contributed by atoms with Crippen LogP contribution in [0.4, 0.5) is 0 Å². The molecule has 3 aromatic rings. The Balaban J connectivity index is 1.43. The number of benzene rings is 2. The average Bonchev–Trinajstić information content (AvgIpc) is 3.39. The van der Waals surface area contributed by atoms with Crippen LogP contribution >= 0.6 is 11.3 Å². The Hall–Kier alpha value is -2.73. The third-order valence-electron chi connectivity index (χ3n) is 5.63. The van der Waals surface area contributed by atoms with E-state index in [9.17, 15) is 9.59 Å². The lowest BCUT2D eigenvalue weighted by molar-refractivity contribution is -0.121. The number of aromatic nitrogens is 1.